The van der Waals surface area contributed by atoms with Gasteiger partial charge in [-0.25, -0.2) is 0 Å². The number of carbonyl (C=O) groups excluding carboxylic acids is 4. The third kappa shape index (κ3) is 5.29. The average Bonchev–Trinajstić information content (AvgIpc) is 3.38. The number of hydrogen-bond donors (Lipinski definition) is 1. The van der Waals surface area contributed by atoms with Gasteiger partial charge in [0.2, 0.25) is 11.8 Å². The number of ether oxygens (including phenoxy) is 2. The largest absolute Gasteiger partial charge is 0.497 e. The highest BCUT2D eigenvalue weighted by Gasteiger charge is 2.37. The first-order chi connectivity index (χ1) is 16.9. The first-order valence-electron chi connectivity index (χ1n) is 10.9. The van der Waals surface area contributed by atoms with E-state index in [-0.39, 0.29) is 37.9 Å². The molecule has 1 N–H and O–H groups in total. The predicted molar refractivity (Wildman–Crippen MR) is 130 cm³/mol. The van der Waals surface area contributed by atoms with Crippen LogP contribution in [0.1, 0.15) is 12.0 Å². The summed E-state index contributed by atoms with van der Waals surface area (Å²) in [6, 6.07) is 8.64. The van der Waals surface area contributed by atoms with E-state index in [4.69, 9.17) is 9.47 Å². The van der Waals surface area contributed by atoms with Gasteiger partial charge in [-0.05, 0) is 41.6 Å². The molecule has 0 aliphatic carbocycles. The van der Waals surface area contributed by atoms with E-state index >= 15 is 0 Å². The van der Waals surface area contributed by atoms with Crippen LogP contribution in [0.5, 0.6) is 11.5 Å². The summed E-state index contributed by atoms with van der Waals surface area (Å²) in [6.45, 7) is 0.327. The van der Waals surface area contributed by atoms with E-state index in [1.54, 1.807) is 48.8 Å². The van der Waals surface area contributed by atoms with Crippen LogP contribution in [0.25, 0.3) is 6.08 Å². The van der Waals surface area contributed by atoms with Crippen molar-refractivity contribution in [2.75, 3.05) is 38.8 Å². The second kappa shape index (κ2) is 10.6. The Morgan fingerprint density at radius 1 is 1.23 bits per heavy atom. The number of benzene rings is 1. The molecule has 0 spiro atoms. The first kappa shape index (κ1) is 24.3. The van der Waals surface area contributed by atoms with Crippen LogP contribution < -0.4 is 19.7 Å². The fourth-order valence-corrected chi connectivity index (χ4v) is 4.73. The molecule has 2 aliphatic rings. The fourth-order valence-electron chi connectivity index (χ4n) is 3.86. The third-order valence-electron chi connectivity index (χ3n) is 5.66. The molecule has 182 valence electrons. The Bertz CT molecular complexity index is 1190. The summed E-state index contributed by atoms with van der Waals surface area (Å²) in [5, 5.41) is 2.35. The molecule has 2 aliphatic heterocycles. The maximum Gasteiger partial charge on any atom is 0.293 e. The summed E-state index contributed by atoms with van der Waals surface area (Å²) >= 11 is 0.851. The van der Waals surface area contributed by atoms with Crippen molar-refractivity contribution in [1.82, 2.24) is 15.2 Å². The number of pyridine rings is 1. The molecule has 0 unspecified atom stereocenters. The molecule has 1 aromatic carbocycles. The number of aromatic nitrogens is 1. The summed E-state index contributed by atoms with van der Waals surface area (Å²) in [4.78, 5) is 57.1. The van der Waals surface area contributed by atoms with Crippen LogP contribution in [0.2, 0.25) is 0 Å². The molecular formula is C24H24N4O6S. The number of nitrogens with zero attached hydrogens (tertiary/aromatic N) is 3. The van der Waals surface area contributed by atoms with Gasteiger partial charge >= 0.3 is 0 Å². The molecule has 2 fully saturated rings. The number of nitrogens with one attached hydrogen (secondary N) is 1. The molecule has 0 radical (unpaired) electrons. The molecule has 2 aromatic rings. The van der Waals surface area contributed by atoms with Crippen molar-refractivity contribution in [2.24, 2.45) is 5.92 Å². The van der Waals surface area contributed by atoms with Crippen LogP contribution in [-0.2, 0) is 14.4 Å². The number of hydrogen-bond acceptors (Lipinski definition) is 8. The van der Waals surface area contributed by atoms with E-state index in [9.17, 15) is 19.2 Å². The van der Waals surface area contributed by atoms with Gasteiger partial charge in [-0.1, -0.05) is 6.07 Å². The lowest BCUT2D eigenvalue weighted by atomic mass is 10.1. The maximum absolute atomic E-state index is 12.7. The topological polar surface area (TPSA) is 118 Å². The Balaban J connectivity index is 1.32. The second-order valence-corrected chi connectivity index (χ2v) is 8.85. The number of rotatable bonds is 8. The van der Waals surface area contributed by atoms with Crippen LogP contribution in [-0.4, -0.2) is 66.7 Å². The van der Waals surface area contributed by atoms with Gasteiger partial charge in [-0.3, -0.25) is 29.1 Å². The van der Waals surface area contributed by atoms with Crippen molar-refractivity contribution < 1.29 is 28.7 Å². The smallest absolute Gasteiger partial charge is 0.293 e. The Hall–Kier alpha value is -3.86. The molecule has 3 heterocycles. The van der Waals surface area contributed by atoms with E-state index in [0.717, 1.165) is 22.2 Å². The Morgan fingerprint density at radius 2 is 2.06 bits per heavy atom. The summed E-state index contributed by atoms with van der Waals surface area (Å²) < 4.78 is 10.6. The highest BCUT2D eigenvalue weighted by atomic mass is 32.2. The number of methoxy groups -OCH3 is 2. The molecule has 4 amide bonds. The highest BCUT2D eigenvalue weighted by Crippen LogP contribution is 2.36. The zero-order valence-electron chi connectivity index (χ0n) is 19.2. The standard InChI is InChI=1S/C24H24N4O6S/c1-33-17-5-6-18(19(12-17)34-2)28-14-16(11-21(28)29)22(30)26-8-9-27-23(31)20(35-24(27)32)10-15-4-3-7-25-13-15/h3-7,10,12-13,16H,8-9,11,14H2,1-2H3,(H,26,30)/b20-10-/t16-/m0/s1. The SMILES string of the molecule is COc1ccc(N2C[C@@H](C(=O)NCCN3C(=O)S/C(=C\c4cccnc4)C3=O)CC2=O)c(OC)c1. The van der Waals surface area contributed by atoms with Crippen molar-refractivity contribution in [1.29, 1.82) is 0 Å². The predicted octanol–water partition coefficient (Wildman–Crippen LogP) is 2.30. The molecule has 1 atom stereocenters. The van der Waals surface area contributed by atoms with Crippen LogP contribution in [0.4, 0.5) is 10.5 Å². The van der Waals surface area contributed by atoms with Crippen molar-refractivity contribution in [3.63, 3.8) is 0 Å². The summed E-state index contributed by atoms with van der Waals surface area (Å²) in [5.41, 5.74) is 1.28. The molecule has 35 heavy (non-hydrogen) atoms. The zero-order valence-corrected chi connectivity index (χ0v) is 20.0. The Kier molecular flexibility index (Phi) is 7.35. The van der Waals surface area contributed by atoms with Gasteiger partial charge in [0, 0.05) is 44.5 Å². The average molecular weight is 497 g/mol. The minimum atomic E-state index is -0.560. The van der Waals surface area contributed by atoms with Crippen LogP contribution in [0.15, 0.2) is 47.6 Å². The van der Waals surface area contributed by atoms with E-state index in [1.165, 1.54) is 19.1 Å². The van der Waals surface area contributed by atoms with Crippen molar-refractivity contribution in [2.45, 2.75) is 6.42 Å². The Morgan fingerprint density at radius 3 is 2.77 bits per heavy atom. The second-order valence-electron chi connectivity index (χ2n) is 7.85. The minimum Gasteiger partial charge on any atom is -0.497 e. The van der Waals surface area contributed by atoms with E-state index in [2.05, 4.69) is 10.3 Å². The van der Waals surface area contributed by atoms with Gasteiger partial charge in [0.05, 0.1) is 30.7 Å². The van der Waals surface area contributed by atoms with Crippen LogP contribution in [0.3, 0.4) is 0 Å². The van der Waals surface area contributed by atoms with Gasteiger partial charge in [-0.15, -0.1) is 0 Å². The third-order valence-corrected chi connectivity index (χ3v) is 6.57. The first-order valence-corrected chi connectivity index (χ1v) is 11.7. The Labute approximate surface area is 206 Å². The summed E-state index contributed by atoms with van der Waals surface area (Å²) in [6.07, 6.45) is 4.89. The number of carbonyl (C=O) groups is 4. The van der Waals surface area contributed by atoms with Crippen molar-refractivity contribution >= 4 is 46.5 Å². The van der Waals surface area contributed by atoms with Crippen molar-refractivity contribution in [3.05, 3.63) is 53.2 Å². The van der Waals surface area contributed by atoms with E-state index < -0.39 is 17.1 Å². The number of anilines is 1. The minimum absolute atomic E-state index is 0.0392. The molecule has 10 nitrogen and oxygen atoms in total. The van der Waals surface area contributed by atoms with Crippen molar-refractivity contribution in [3.8, 4) is 11.5 Å². The molecular weight excluding hydrogens is 472 g/mol. The molecule has 4 rings (SSSR count). The molecule has 0 bridgehead atoms. The zero-order chi connectivity index (χ0) is 24.9. The van der Waals surface area contributed by atoms with Gasteiger partial charge in [0.1, 0.15) is 11.5 Å². The summed E-state index contributed by atoms with van der Waals surface area (Å²) in [7, 11) is 3.04. The van der Waals surface area contributed by atoms with E-state index in [1.807, 2.05) is 0 Å². The quantitative estimate of drug-likeness (QED) is 0.553. The van der Waals surface area contributed by atoms with Crippen LogP contribution >= 0.6 is 11.8 Å². The normalized spacial score (nSPS) is 19.0. The molecule has 2 saturated heterocycles. The van der Waals surface area contributed by atoms with Crippen LogP contribution in [0, 0.1) is 5.92 Å². The summed E-state index contributed by atoms with van der Waals surface area (Å²) in [5.74, 6) is -0.417. The van der Waals surface area contributed by atoms with Gasteiger partial charge in [-0.2, -0.15) is 0 Å². The fraction of sp³-hybridized carbons (Fsp3) is 0.292. The van der Waals surface area contributed by atoms with Gasteiger partial charge < -0.3 is 19.7 Å². The van der Waals surface area contributed by atoms with Gasteiger partial charge in [0.15, 0.2) is 0 Å². The maximum atomic E-state index is 12.7. The van der Waals surface area contributed by atoms with Gasteiger partial charge in [0.25, 0.3) is 11.1 Å². The molecule has 0 saturated carbocycles. The monoisotopic (exact) mass is 496 g/mol. The molecule has 1 aromatic heterocycles. The molecule has 11 heteroatoms. The number of imide groups is 1. The highest BCUT2D eigenvalue weighted by molar-refractivity contribution is 8.18. The lowest BCUT2D eigenvalue weighted by Gasteiger charge is -2.20. The number of thioether (sulfide) groups is 1. The van der Waals surface area contributed by atoms with E-state index in [0.29, 0.717) is 22.1 Å². The lowest BCUT2D eigenvalue weighted by Crippen LogP contribution is -2.40. The number of amides is 4. The lowest BCUT2D eigenvalue weighted by molar-refractivity contribution is -0.127.